The number of pyridine rings is 1. The third-order valence-electron chi connectivity index (χ3n) is 5.87. The molecule has 3 aromatic carbocycles. The summed E-state index contributed by atoms with van der Waals surface area (Å²) in [5.74, 6) is 0.857. The lowest BCUT2D eigenvalue weighted by molar-refractivity contribution is 0.590. The van der Waals surface area contributed by atoms with Crippen LogP contribution in [0.4, 0.5) is 0 Å². The number of aryl methyl sites for hydroxylation is 1. The number of fused-ring (bicyclic) bond motifs is 1. The first-order valence-electron chi connectivity index (χ1n) is 11.1. The van der Waals surface area contributed by atoms with Crippen molar-refractivity contribution in [2.75, 3.05) is 0 Å². The number of benzene rings is 3. The summed E-state index contributed by atoms with van der Waals surface area (Å²) in [6.45, 7) is 8.89. The number of hydrogen-bond acceptors (Lipinski definition) is 2. The maximum absolute atomic E-state index is 6.37. The van der Waals surface area contributed by atoms with Gasteiger partial charge in [-0.3, -0.25) is 0 Å². The lowest BCUT2D eigenvalue weighted by Crippen LogP contribution is -2.11. The van der Waals surface area contributed by atoms with Gasteiger partial charge >= 0.3 is 0 Å². The van der Waals surface area contributed by atoms with Gasteiger partial charge in [-0.1, -0.05) is 93.1 Å². The molecule has 0 fully saturated rings. The van der Waals surface area contributed by atoms with E-state index < -0.39 is 0 Å². The highest BCUT2D eigenvalue weighted by Gasteiger charge is 2.20. The Morgan fingerprint density at radius 3 is 2.00 bits per heavy atom. The van der Waals surface area contributed by atoms with Gasteiger partial charge in [0.2, 0.25) is 0 Å². The SMILES string of the molecule is Cc1cc(-c2ccc3oc(-c4ccccc4)c(-c4ccccc4)c3n2)cc(C(C)(C)C)c1. The highest BCUT2D eigenvalue weighted by atomic mass is 16.3. The van der Waals surface area contributed by atoms with Crippen LogP contribution in [-0.4, -0.2) is 4.98 Å². The van der Waals surface area contributed by atoms with E-state index in [1.165, 1.54) is 11.1 Å². The van der Waals surface area contributed by atoms with Crippen molar-refractivity contribution < 1.29 is 4.42 Å². The van der Waals surface area contributed by atoms with E-state index >= 15 is 0 Å². The van der Waals surface area contributed by atoms with E-state index in [1.54, 1.807) is 0 Å². The standard InChI is InChI=1S/C30H27NO/c1-20-17-23(19-24(18-20)30(2,3)4)25-15-16-26-28(31-25)27(21-11-7-5-8-12-21)29(32-26)22-13-9-6-10-14-22/h5-19H,1-4H3. The van der Waals surface area contributed by atoms with Crippen molar-refractivity contribution in [2.45, 2.75) is 33.1 Å². The molecule has 158 valence electrons. The molecule has 0 saturated carbocycles. The number of rotatable bonds is 3. The molecule has 0 bridgehead atoms. The van der Waals surface area contributed by atoms with Gasteiger partial charge in [0.05, 0.1) is 11.3 Å². The van der Waals surface area contributed by atoms with Gasteiger partial charge < -0.3 is 4.42 Å². The van der Waals surface area contributed by atoms with Crippen LogP contribution in [0.3, 0.4) is 0 Å². The van der Waals surface area contributed by atoms with Gasteiger partial charge in [0.1, 0.15) is 11.3 Å². The minimum atomic E-state index is 0.0796. The molecule has 0 aliphatic carbocycles. The predicted octanol–water partition coefficient (Wildman–Crippen LogP) is 8.43. The van der Waals surface area contributed by atoms with Crippen LogP contribution in [-0.2, 0) is 5.41 Å². The van der Waals surface area contributed by atoms with Gasteiger partial charge in [0.15, 0.2) is 5.58 Å². The maximum atomic E-state index is 6.37. The first kappa shape index (κ1) is 20.3. The fourth-order valence-electron chi connectivity index (χ4n) is 4.17. The van der Waals surface area contributed by atoms with Crippen molar-refractivity contribution >= 4 is 11.1 Å². The molecule has 0 aliphatic heterocycles. The molecule has 0 saturated heterocycles. The molecule has 32 heavy (non-hydrogen) atoms. The monoisotopic (exact) mass is 417 g/mol. The van der Waals surface area contributed by atoms with E-state index in [0.717, 1.165) is 44.8 Å². The van der Waals surface area contributed by atoms with Crippen molar-refractivity contribution in [3.63, 3.8) is 0 Å². The Labute approximate surface area is 189 Å². The summed E-state index contributed by atoms with van der Waals surface area (Å²) in [4.78, 5) is 5.14. The van der Waals surface area contributed by atoms with Crippen LogP contribution >= 0.6 is 0 Å². The molecule has 0 N–H and O–H groups in total. The van der Waals surface area contributed by atoms with E-state index in [4.69, 9.17) is 9.40 Å². The second-order valence-corrected chi connectivity index (χ2v) is 9.42. The molecule has 0 aliphatic rings. The molecule has 5 rings (SSSR count). The van der Waals surface area contributed by atoms with Gasteiger partial charge in [0.25, 0.3) is 0 Å². The third-order valence-corrected chi connectivity index (χ3v) is 5.87. The zero-order valence-electron chi connectivity index (χ0n) is 19.0. The quantitative estimate of drug-likeness (QED) is 0.294. The summed E-state index contributed by atoms with van der Waals surface area (Å²) in [6, 6.07) is 31.5. The largest absolute Gasteiger partial charge is 0.454 e. The smallest absolute Gasteiger partial charge is 0.153 e. The number of aromatic nitrogens is 1. The van der Waals surface area contributed by atoms with Crippen LogP contribution in [0.1, 0.15) is 31.9 Å². The Kier molecular flexibility index (Phi) is 4.94. The number of hydrogen-bond donors (Lipinski definition) is 0. The molecule has 0 atom stereocenters. The molecule has 2 heteroatoms. The molecular formula is C30H27NO. The lowest BCUT2D eigenvalue weighted by Gasteiger charge is -2.20. The second-order valence-electron chi connectivity index (χ2n) is 9.42. The zero-order chi connectivity index (χ0) is 22.3. The fraction of sp³-hybridized carbons (Fsp3) is 0.167. The van der Waals surface area contributed by atoms with Gasteiger partial charge in [0, 0.05) is 11.1 Å². The molecule has 0 radical (unpaired) electrons. The van der Waals surface area contributed by atoms with Crippen molar-refractivity contribution in [2.24, 2.45) is 0 Å². The minimum absolute atomic E-state index is 0.0796. The average molecular weight is 418 g/mol. The maximum Gasteiger partial charge on any atom is 0.153 e. The summed E-state index contributed by atoms with van der Waals surface area (Å²) in [6.07, 6.45) is 0. The van der Waals surface area contributed by atoms with Crippen LogP contribution in [0, 0.1) is 6.92 Å². The summed E-state index contributed by atoms with van der Waals surface area (Å²) in [5.41, 5.74) is 9.63. The Morgan fingerprint density at radius 2 is 1.34 bits per heavy atom. The van der Waals surface area contributed by atoms with Crippen LogP contribution in [0.25, 0.3) is 44.8 Å². The average Bonchev–Trinajstić information content (AvgIpc) is 3.18. The van der Waals surface area contributed by atoms with Gasteiger partial charge in [-0.2, -0.15) is 0 Å². The molecule has 5 aromatic rings. The molecular weight excluding hydrogens is 390 g/mol. The Bertz CT molecular complexity index is 1390. The minimum Gasteiger partial charge on any atom is -0.454 e. The first-order chi connectivity index (χ1) is 15.4. The van der Waals surface area contributed by atoms with E-state index in [1.807, 2.05) is 24.3 Å². The number of furan rings is 1. The normalized spacial score (nSPS) is 11.8. The van der Waals surface area contributed by atoms with Crippen LogP contribution in [0.2, 0.25) is 0 Å². The van der Waals surface area contributed by atoms with E-state index in [-0.39, 0.29) is 5.41 Å². The Hall–Kier alpha value is -3.65. The first-order valence-corrected chi connectivity index (χ1v) is 11.1. The molecule has 0 amide bonds. The molecule has 2 heterocycles. The highest BCUT2D eigenvalue weighted by Crippen LogP contribution is 2.41. The summed E-state index contributed by atoms with van der Waals surface area (Å²) >= 11 is 0. The molecule has 2 nitrogen and oxygen atoms in total. The fourth-order valence-corrected chi connectivity index (χ4v) is 4.17. The Morgan fingerprint density at radius 1 is 0.688 bits per heavy atom. The summed E-state index contributed by atoms with van der Waals surface area (Å²) < 4.78 is 6.37. The molecule has 0 unspecified atom stereocenters. The molecule has 2 aromatic heterocycles. The van der Waals surface area contributed by atoms with Crippen LogP contribution < -0.4 is 0 Å². The van der Waals surface area contributed by atoms with E-state index in [2.05, 4.69) is 94.4 Å². The lowest BCUT2D eigenvalue weighted by atomic mass is 9.85. The van der Waals surface area contributed by atoms with Crippen LogP contribution in [0.5, 0.6) is 0 Å². The second kappa shape index (κ2) is 7.80. The van der Waals surface area contributed by atoms with E-state index in [9.17, 15) is 0 Å². The summed E-state index contributed by atoms with van der Waals surface area (Å²) in [5, 5.41) is 0. The number of nitrogens with zero attached hydrogens (tertiary/aromatic N) is 1. The summed E-state index contributed by atoms with van der Waals surface area (Å²) in [7, 11) is 0. The zero-order valence-corrected chi connectivity index (χ0v) is 19.0. The molecule has 0 spiro atoms. The topological polar surface area (TPSA) is 26.0 Å². The van der Waals surface area contributed by atoms with E-state index in [0.29, 0.717) is 0 Å². The van der Waals surface area contributed by atoms with Crippen molar-refractivity contribution in [1.82, 2.24) is 4.98 Å². The van der Waals surface area contributed by atoms with Crippen molar-refractivity contribution in [3.8, 4) is 33.7 Å². The van der Waals surface area contributed by atoms with Gasteiger partial charge in [-0.15, -0.1) is 0 Å². The Balaban J connectivity index is 1.76. The van der Waals surface area contributed by atoms with Crippen LogP contribution in [0.15, 0.2) is 95.4 Å². The van der Waals surface area contributed by atoms with Crippen molar-refractivity contribution in [1.29, 1.82) is 0 Å². The third kappa shape index (κ3) is 3.73. The predicted molar refractivity (Wildman–Crippen MR) is 134 cm³/mol. The van der Waals surface area contributed by atoms with Gasteiger partial charge in [-0.05, 0) is 47.7 Å². The highest BCUT2D eigenvalue weighted by molar-refractivity contribution is 6.00. The van der Waals surface area contributed by atoms with Gasteiger partial charge in [-0.25, -0.2) is 4.98 Å². The van der Waals surface area contributed by atoms with Crippen molar-refractivity contribution in [3.05, 3.63) is 102 Å².